The van der Waals surface area contributed by atoms with Gasteiger partial charge in [0.05, 0.1) is 11.1 Å². The van der Waals surface area contributed by atoms with Crippen molar-refractivity contribution < 1.29 is 35.1 Å². The molecule has 10 heteroatoms. The second-order valence-corrected chi connectivity index (χ2v) is 3.39. The largest absolute Gasteiger partial charge is 0.252 e. The number of halogens is 8. The molecule has 0 aliphatic heterocycles. The van der Waals surface area contributed by atoms with E-state index in [4.69, 9.17) is 0 Å². The van der Waals surface area contributed by atoms with Crippen LogP contribution in [-0.2, 0) is 0 Å². The smallest absolute Gasteiger partial charge is 0.201 e. The first-order valence-electron chi connectivity index (χ1n) is 4.66. The molecular weight excluding hydrogens is 300 g/mol. The quantitative estimate of drug-likeness (QED) is 0.597. The van der Waals surface area contributed by atoms with Crippen molar-refractivity contribution in [1.29, 1.82) is 0 Å². The molecule has 0 fully saturated rings. The molecule has 2 aromatic heterocycles. The van der Waals surface area contributed by atoms with Gasteiger partial charge in [-0.05, 0) is 0 Å². The Morgan fingerprint density at radius 1 is 0.400 bits per heavy atom. The summed E-state index contributed by atoms with van der Waals surface area (Å²) in [6, 6.07) is 0. The van der Waals surface area contributed by atoms with Crippen LogP contribution in [0.1, 0.15) is 0 Å². The summed E-state index contributed by atoms with van der Waals surface area (Å²) < 4.78 is 105. The Morgan fingerprint density at radius 2 is 0.600 bits per heavy atom. The first kappa shape index (κ1) is 14.2. The molecule has 0 saturated heterocycles. The highest BCUT2D eigenvalue weighted by molar-refractivity contribution is 5.65. The molecule has 0 spiro atoms. The van der Waals surface area contributed by atoms with Gasteiger partial charge in [-0.3, -0.25) is 0 Å². The maximum Gasteiger partial charge on any atom is 0.252 e. The van der Waals surface area contributed by atoms with Crippen molar-refractivity contribution in [2.45, 2.75) is 0 Å². The molecule has 0 atom stereocenters. The molecule has 2 aromatic rings. The lowest BCUT2D eigenvalue weighted by Crippen LogP contribution is -2.09. The van der Waals surface area contributed by atoms with Crippen molar-refractivity contribution in [1.82, 2.24) is 9.97 Å². The number of rotatable bonds is 1. The molecule has 2 rings (SSSR count). The second kappa shape index (κ2) is 4.69. The average molecular weight is 300 g/mol. The Balaban J connectivity index is 2.96. The van der Waals surface area contributed by atoms with Crippen LogP contribution >= 0.6 is 0 Å². The third-order valence-electron chi connectivity index (χ3n) is 2.25. The van der Waals surface area contributed by atoms with Crippen molar-refractivity contribution >= 4 is 0 Å². The van der Waals surface area contributed by atoms with Gasteiger partial charge in [-0.1, -0.05) is 0 Å². The second-order valence-electron chi connectivity index (χ2n) is 3.39. The summed E-state index contributed by atoms with van der Waals surface area (Å²) in [5, 5.41) is 0. The zero-order valence-corrected chi connectivity index (χ0v) is 8.92. The fourth-order valence-electron chi connectivity index (χ4n) is 1.41. The zero-order valence-electron chi connectivity index (χ0n) is 8.92. The Morgan fingerprint density at radius 3 is 0.800 bits per heavy atom. The maximum absolute atomic E-state index is 13.3. The lowest BCUT2D eigenvalue weighted by Gasteiger charge is -2.09. The van der Waals surface area contributed by atoms with Crippen LogP contribution in [0.25, 0.3) is 11.1 Å². The summed E-state index contributed by atoms with van der Waals surface area (Å²) in [4.78, 5) is 4.26. The van der Waals surface area contributed by atoms with Gasteiger partial charge in [-0.15, -0.1) is 0 Å². The number of nitrogens with zero attached hydrogens (tertiary/aromatic N) is 2. The van der Waals surface area contributed by atoms with E-state index in [1.165, 1.54) is 0 Å². The molecule has 0 amide bonds. The molecular formula is C10F8N2. The molecule has 0 aliphatic rings. The Kier molecular flexibility index (Phi) is 3.32. The summed E-state index contributed by atoms with van der Waals surface area (Å²) in [6.45, 7) is 0. The first-order chi connectivity index (χ1) is 9.25. The van der Waals surface area contributed by atoms with E-state index in [-0.39, 0.29) is 0 Å². The minimum Gasteiger partial charge on any atom is -0.201 e. The molecule has 0 radical (unpaired) electrons. The predicted molar refractivity (Wildman–Crippen MR) is 47.1 cm³/mol. The minimum atomic E-state index is -2.31. The number of hydrogen-bond donors (Lipinski definition) is 0. The summed E-state index contributed by atoms with van der Waals surface area (Å²) >= 11 is 0. The Labute approximate surface area is 104 Å². The molecule has 0 unspecified atom stereocenters. The molecule has 0 saturated carbocycles. The van der Waals surface area contributed by atoms with Gasteiger partial charge in [0.2, 0.25) is 0 Å². The predicted octanol–water partition coefficient (Wildman–Crippen LogP) is 3.26. The van der Waals surface area contributed by atoms with Gasteiger partial charge in [0, 0.05) is 0 Å². The van der Waals surface area contributed by atoms with Gasteiger partial charge in [0.15, 0.2) is 23.3 Å². The molecule has 20 heavy (non-hydrogen) atoms. The summed E-state index contributed by atoms with van der Waals surface area (Å²) in [5.41, 5.74) is -3.93. The monoisotopic (exact) mass is 300 g/mol. The van der Waals surface area contributed by atoms with Gasteiger partial charge in [0.1, 0.15) is 0 Å². The molecule has 2 nitrogen and oxygen atoms in total. The Bertz CT molecular complexity index is 601. The van der Waals surface area contributed by atoms with Gasteiger partial charge < -0.3 is 0 Å². The van der Waals surface area contributed by atoms with Crippen LogP contribution < -0.4 is 0 Å². The van der Waals surface area contributed by atoms with Gasteiger partial charge in [-0.2, -0.15) is 27.5 Å². The molecule has 0 N–H and O–H groups in total. The third-order valence-corrected chi connectivity index (χ3v) is 2.25. The highest BCUT2D eigenvalue weighted by atomic mass is 19.2. The first-order valence-corrected chi connectivity index (χ1v) is 4.66. The van der Waals surface area contributed by atoms with E-state index in [0.29, 0.717) is 0 Å². The normalized spacial score (nSPS) is 11.0. The molecule has 0 aliphatic carbocycles. The highest BCUT2D eigenvalue weighted by Gasteiger charge is 2.30. The van der Waals surface area contributed by atoms with Crippen molar-refractivity contribution in [3.8, 4) is 11.1 Å². The van der Waals surface area contributed by atoms with Crippen molar-refractivity contribution in [2.75, 3.05) is 0 Å². The van der Waals surface area contributed by atoms with Crippen LogP contribution in [0.2, 0.25) is 0 Å². The number of aromatic nitrogens is 2. The van der Waals surface area contributed by atoms with Crippen LogP contribution in [0.3, 0.4) is 0 Å². The number of pyridine rings is 2. The van der Waals surface area contributed by atoms with Gasteiger partial charge in [0.25, 0.3) is 23.8 Å². The Hall–Kier alpha value is -2.26. The third kappa shape index (κ3) is 1.96. The van der Waals surface area contributed by atoms with Gasteiger partial charge in [-0.25, -0.2) is 17.6 Å². The van der Waals surface area contributed by atoms with Crippen molar-refractivity contribution in [2.24, 2.45) is 0 Å². The molecule has 2 heterocycles. The van der Waals surface area contributed by atoms with E-state index in [9.17, 15) is 35.1 Å². The topological polar surface area (TPSA) is 25.8 Å². The number of hydrogen-bond acceptors (Lipinski definition) is 2. The SMILES string of the molecule is Fc1nc(F)c(F)c(-c2c(F)c(F)nc(F)c2F)c1F. The minimum absolute atomic E-state index is 1.97. The maximum atomic E-state index is 13.3. The summed E-state index contributed by atoms with van der Waals surface area (Å²) in [6.07, 6.45) is 0. The van der Waals surface area contributed by atoms with E-state index >= 15 is 0 Å². The molecule has 106 valence electrons. The van der Waals surface area contributed by atoms with Crippen LogP contribution in [0.15, 0.2) is 0 Å². The van der Waals surface area contributed by atoms with Gasteiger partial charge >= 0.3 is 0 Å². The fourth-order valence-corrected chi connectivity index (χ4v) is 1.41. The highest BCUT2D eigenvalue weighted by Crippen LogP contribution is 2.33. The van der Waals surface area contributed by atoms with E-state index in [1.807, 2.05) is 0 Å². The fraction of sp³-hybridized carbons (Fsp3) is 0. The van der Waals surface area contributed by atoms with E-state index in [2.05, 4.69) is 9.97 Å². The lowest BCUT2D eigenvalue weighted by molar-refractivity contribution is 0.396. The van der Waals surface area contributed by atoms with Crippen LogP contribution in [0, 0.1) is 47.1 Å². The standard InChI is InChI=1S/C10F8N2/c11-3-1(4(12)8(16)19-7(3)15)2-5(13)9(17)20-10(18)6(2)14. The van der Waals surface area contributed by atoms with Crippen molar-refractivity contribution in [3.05, 3.63) is 47.1 Å². The molecule has 0 bridgehead atoms. The average Bonchev–Trinajstić information content (AvgIpc) is 2.38. The van der Waals surface area contributed by atoms with E-state index in [0.717, 1.165) is 0 Å². The summed E-state index contributed by atoms with van der Waals surface area (Å²) in [5.74, 6) is -18.2. The zero-order chi connectivity index (χ0) is 15.2. The van der Waals surface area contributed by atoms with Crippen molar-refractivity contribution in [3.63, 3.8) is 0 Å². The van der Waals surface area contributed by atoms with Crippen LogP contribution in [0.4, 0.5) is 35.1 Å². The van der Waals surface area contributed by atoms with E-state index in [1.54, 1.807) is 0 Å². The van der Waals surface area contributed by atoms with Crippen LogP contribution in [-0.4, -0.2) is 9.97 Å². The summed E-state index contributed by atoms with van der Waals surface area (Å²) in [7, 11) is 0. The lowest BCUT2D eigenvalue weighted by atomic mass is 10.1. The molecule has 0 aromatic carbocycles. The van der Waals surface area contributed by atoms with E-state index < -0.39 is 58.2 Å². The van der Waals surface area contributed by atoms with Crippen LogP contribution in [0.5, 0.6) is 0 Å².